The van der Waals surface area contributed by atoms with Gasteiger partial charge in [-0.05, 0) is 26.0 Å². The van der Waals surface area contributed by atoms with Crippen molar-refractivity contribution in [2.45, 2.75) is 20.4 Å². The van der Waals surface area contributed by atoms with Crippen molar-refractivity contribution in [2.24, 2.45) is 0 Å². The number of hydrogen-bond acceptors (Lipinski definition) is 3. The average molecular weight is 218 g/mol. The Hall–Kier alpha value is -1.35. The second kappa shape index (κ2) is 4.45. The Kier molecular flexibility index (Phi) is 3.02. The molecule has 1 heterocycles. The van der Waals surface area contributed by atoms with Crippen LogP contribution in [0.5, 0.6) is 0 Å². The number of nitrogens with zero attached hydrogens (tertiary/aromatic N) is 1. The van der Waals surface area contributed by atoms with E-state index in [1.807, 2.05) is 18.2 Å². The second-order valence-electron chi connectivity index (χ2n) is 3.47. The molecule has 0 amide bonds. The summed E-state index contributed by atoms with van der Waals surface area (Å²) in [5.74, 6) is 0. The highest BCUT2D eigenvalue weighted by Crippen LogP contribution is 2.17. The molecule has 2 nitrogen and oxygen atoms in total. The van der Waals surface area contributed by atoms with Crippen LogP contribution in [0.4, 0.5) is 5.69 Å². The Bertz CT molecular complexity index is 415. The molecule has 0 fully saturated rings. The van der Waals surface area contributed by atoms with E-state index in [4.69, 9.17) is 0 Å². The van der Waals surface area contributed by atoms with Gasteiger partial charge in [-0.15, -0.1) is 11.3 Å². The van der Waals surface area contributed by atoms with Gasteiger partial charge in [-0.2, -0.15) is 0 Å². The zero-order valence-electron chi connectivity index (χ0n) is 8.95. The molecule has 15 heavy (non-hydrogen) atoms. The molecule has 0 aliphatic rings. The van der Waals surface area contributed by atoms with E-state index in [-0.39, 0.29) is 0 Å². The van der Waals surface area contributed by atoms with Crippen molar-refractivity contribution in [3.8, 4) is 0 Å². The largest absolute Gasteiger partial charge is 0.379 e. The Morgan fingerprint density at radius 2 is 1.93 bits per heavy atom. The van der Waals surface area contributed by atoms with Gasteiger partial charge in [0, 0.05) is 10.6 Å². The van der Waals surface area contributed by atoms with E-state index in [0.29, 0.717) is 0 Å². The maximum absolute atomic E-state index is 4.48. The molecule has 1 N–H and O–H groups in total. The van der Waals surface area contributed by atoms with Crippen molar-refractivity contribution in [1.29, 1.82) is 0 Å². The highest BCUT2D eigenvalue weighted by molar-refractivity contribution is 7.11. The van der Waals surface area contributed by atoms with E-state index in [1.165, 1.54) is 4.88 Å². The third-order valence-corrected chi connectivity index (χ3v) is 3.36. The van der Waals surface area contributed by atoms with E-state index in [0.717, 1.165) is 22.9 Å². The molecular formula is C12H14N2S. The lowest BCUT2D eigenvalue weighted by Gasteiger charge is -2.02. The number of rotatable bonds is 3. The fourth-order valence-electron chi connectivity index (χ4n) is 1.35. The normalized spacial score (nSPS) is 10.3. The van der Waals surface area contributed by atoms with E-state index in [2.05, 4.69) is 36.3 Å². The van der Waals surface area contributed by atoms with Gasteiger partial charge in [0.1, 0.15) is 5.01 Å². The van der Waals surface area contributed by atoms with Gasteiger partial charge in [-0.3, -0.25) is 0 Å². The second-order valence-corrected chi connectivity index (χ2v) is 4.76. The molecule has 3 heteroatoms. The molecule has 78 valence electrons. The standard InChI is InChI=1S/C12H14N2S/c1-9-10(2)15-12(14-9)8-13-11-6-4-3-5-7-11/h3-7,13H,8H2,1-2H3. The molecule has 0 atom stereocenters. The molecule has 0 saturated heterocycles. The summed E-state index contributed by atoms with van der Waals surface area (Å²) in [6, 6.07) is 10.2. The summed E-state index contributed by atoms with van der Waals surface area (Å²) in [5, 5.41) is 4.50. The van der Waals surface area contributed by atoms with Gasteiger partial charge in [0.05, 0.1) is 12.2 Å². The van der Waals surface area contributed by atoms with Crippen LogP contribution in [-0.2, 0) is 6.54 Å². The van der Waals surface area contributed by atoms with Crippen molar-refractivity contribution in [3.05, 3.63) is 45.9 Å². The van der Waals surface area contributed by atoms with Crippen LogP contribution in [0, 0.1) is 13.8 Å². The number of thiazole rings is 1. The quantitative estimate of drug-likeness (QED) is 0.854. The first kappa shape index (κ1) is 10.2. The molecule has 0 spiro atoms. The lowest BCUT2D eigenvalue weighted by Crippen LogP contribution is -1.98. The highest BCUT2D eigenvalue weighted by Gasteiger charge is 2.02. The van der Waals surface area contributed by atoms with Crippen molar-refractivity contribution in [1.82, 2.24) is 4.98 Å². The maximum Gasteiger partial charge on any atom is 0.112 e. The van der Waals surface area contributed by atoms with Crippen molar-refractivity contribution >= 4 is 17.0 Å². The van der Waals surface area contributed by atoms with Gasteiger partial charge in [-0.1, -0.05) is 18.2 Å². The molecule has 0 aliphatic carbocycles. The SMILES string of the molecule is Cc1nc(CNc2ccccc2)sc1C. The summed E-state index contributed by atoms with van der Waals surface area (Å²) < 4.78 is 0. The minimum atomic E-state index is 0.809. The lowest BCUT2D eigenvalue weighted by molar-refractivity contribution is 1.07. The minimum Gasteiger partial charge on any atom is -0.379 e. The summed E-state index contributed by atoms with van der Waals surface area (Å²) in [6.45, 7) is 4.97. The van der Waals surface area contributed by atoms with Crippen LogP contribution in [0.3, 0.4) is 0 Å². The Morgan fingerprint density at radius 3 is 2.53 bits per heavy atom. The van der Waals surface area contributed by atoms with Gasteiger partial charge in [0.25, 0.3) is 0 Å². The topological polar surface area (TPSA) is 24.9 Å². The number of hydrogen-bond donors (Lipinski definition) is 1. The summed E-state index contributed by atoms with van der Waals surface area (Å²) in [7, 11) is 0. The van der Waals surface area contributed by atoms with Crippen molar-refractivity contribution < 1.29 is 0 Å². The molecule has 0 unspecified atom stereocenters. The van der Waals surface area contributed by atoms with Gasteiger partial charge in [0.2, 0.25) is 0 Å². The molecule has 2 aromatic rings. The van der Waals surface area contributed by atoms with Crippen LogP contribution in [0.1, 0.15) is 15.6 Å². The molecule has 1 aromatic heterocycles. The average Bonchev–Trinajstić information content (AvgIpc) is 2.57. The first-order valence-electron chi connectivity index (χ1n) is 4.97. The fourth-order valence-corrected chi connectivity index (χ4v) is 2.22. The van der Waals surface area contributed by atoms with Crippen LogP contribution in [0.15, 0.2) is 30.3 Å². The summed E-state index contributed by atoms with van der Waals surface area (Å²) >= 11 is 1.76. The van der Waals surface area contributed by atoms with Crippen LogP contribution in [-0.4, -0.2) is 4.98 Å². The number of aromatic nitrogens is 1. The van der Waals surface area contributed by atoms with E-state index >= 15 is 0 Å². The zero-order chi connectivity index (χ0) is 10.7. The Labute approximate surface area is 94.0 Å². The first-order valence-corrected chi connectivity index (χ1v) is 5.79. The summed E-state index contributed by atoms with van der Waals surface area (Å²) in [6.07, 6.45) is 0. The molecule has 0 bridgehead atoms. The minimum absolute atomic E-state index is 0.809. The maximum atomic E-state index is 4.48. The highest BCUT2D eigenvalue weighted by atomic mass is 32.1. The van der Waals surface area contributed by atoms with E-state index in [9.17, 15) is 0 Å². The molecule has 0 saturated carbocycles. The number of nitrogens with one attached hydrogen (secondary N) is 1. The van der Waals surface area contributed by atoms with Gasteiger partial charge < -0.3 is 5.32 Å². The first-order chi connectivity index (χ1) is 7.25. The number of anilines is 1. The predicted molar refractivity (Wildman–Crippen MR) is 65.4 cm³/mol. The smallest absolute Gasteiger partial charge is 0.112 e. The van der Waals surface area contributed by atoms with E-state index < -0.39 is 0 Å². The van der Waals surface area contributed by atoms with Crippen molar-refractivity contribution in [2.75, 3.05) is 5.32 Å². The lowest BCUT2D eigenvalue weighted by atomic mass is 10.3. The van der Waals surface area contributed by atoms with Crippen LogP contribution < -0.4 is 5.32 Å². The van der Waals surface area contributed by atoms with Gasteiger partial charge >= 0.3 is 0 Å². The summed E-state index contributed by atoms with van der Waals surface area (Å²) in [5.41, 5.74) is 2.29. The van der Waals surface area contributed by atoms with Crippen LogP contribution in [0.2, 0.25) is 0 Å². The van der Waals surface area contributed by atoms with Gasteiger partial charge in [0.15, 0.2) is 0 Å². The Morgan fingerprint density at radius 1 is 1.20 bits per heavy atom. The third-order valence-electron chi connectivity index (χ3n) is 2.29. The predicted octanol–water partition coefficient (Wildman–Crippen LogP) is 3.37. The van der Waals surface area contributed by atoms with Gasteiger partial charge in [-0.25, -0.2) is 4.98 Å². The van der Waals surface area contributed by atoms with Crippen LogP contribution >= 0.6 is 11.3 Å². The van der Waals surface area contributed by atoms with Crippen molar-refractivity contribution in [3.63, 3.8) is 0 Å². The molecule has 1 aromatic carbocycles. The number of benzene rings is 1. The number of para-hydroxylation sites is 1. The van der Waals surface area contributed by atoms with Crippen LogP contribution in [0.25, 0.3) is 0 Å². The zero-order valence-corrected chi connectivity index (χ0v) is 9.77. The summed E-state index contributed by atoms with van der Waals surface area (Å²) in [4.78, 5) is 5.79. The Balaban J connectivity index is 1.99. The molecular weight excluding hydrogens is 204 g/mol. The van der Waals surface area contributed by atoms with E-state index in [1.54, 1.807) is 11.3 Å². The molecule has 0 aliphatic heterocycles. The molecule has 0 radical (unpaired) electrons. The third kappa shape index (κ3) is 2.57. The monoisotopic (exact) mass is 218 g/mol. The number of aryl methyl sites for hydroxylation is 2. The molecule has 2 rings (SSSR count). The fraction of sp³-hybridized carbons (Fsp3) is 0.250.